The maximum Gasteiger partial charge on any atom is 0.0909 e. The van der Waals surface area contributed by atoms with Crippen molar-refractivity contribution in [2.24, 2.45) is 0 Å². The quantitative estimate of drug-likeness (QED) is 0.670. The molecule has 3 heteroatoms. The third-order valence-electron chi connectivity index (χ3n) is 2.97. The van der Waals surface area contributed by atoms with E-state index in [2.05, 4.69) is 12.0 Å². The zero-order valence-electron chi connectivity index (χ0n) is 7.62. The van der Waals surface area contributed by atoms with Crippen LogP contribution in [0.4, 0.5) is 0 Å². The smallest absolute Gasteiger partial charge is 0.0909 e. The van der Waals surface area contributed by atoms with Gasteiger partial charge in [0.15, 0.2) is 0 Å². The fourth-order valence-corrected chi connectivity index (χ4v) is 2.34. The van der Waals surface area contributed by atoms with E-state index in [1.807, 2.05) is 0 Å². The van der Waals surface area contributed by atoms with Crippen molar-refractivity contribution in [1.82, 2.24) is 5.06 Å². The van der Waals surface area contributed by atoms with Crippen LogP contribution in [0.1, 0.15) is 32.6 Å². The van der Waals surface area contributed by atoms with Gasteiger partial charge >= 0.3 is 0 Å². The normalized spacial score (nSPS) is 42.0. The van der Waals surface area contributed by atoms with E-state index < -0.39 is 0 Å². The molecule has 2 fully saturated rings. The molecule has 0 saturated carbocycles. The molecule has 0 spiro atoms. The third kappa shape index (κ3) is 1.37. The Kier molecular flexibility index (Phi) is 2.10. The Bertz CT molecular complexity index is 160. The highest BCUT2D eigenvalue weighted by atomic mass is 16.7. The molecule has 1 N–H and O–H groups in total. The lowest BCUT2D eigenvalue weighted by Crippen LogP contribution is -2.28. The van der Waals surface area contributed by atoms with Gasteiger partial charge in [0, 0.05) is 25.6 Å². The summed E-state index contributed by atoms with van der Waals surface area (Å²) in [6, 6.07) is 0.626. The summed E-state index contributed by atoms with van der Waals surface area (Å²) < 4.78 is 0. The molecule has 2 aliphatic heterocycles. The molecular formula is C9H17NO2. The van der Waals surface area contributed by atoms with Gasteiger partial charge in [-0.15, -0.1) is 0 Å². The van der Waals surface area contributed by atoms with Crippen molar-refractivity contribution in [3.63, 3.8) is 0 Å². The second-order valence-corrected chi connectivity index (χ2v) is 4.16. The van der Waals surface area contributed by atoms with E-state index in [0.717, 1.165) is 19.4 Å². The van der Waals surface area contributed by atoms with Gasteiger partial charge in [-0.2, -0.15) is 5.06 Å². The van der Waals surface area contributed by atoms with Crippen LogP contribution in [0.25, 0.3) is 0 Å². The zero-order valence-corrected chi connectivity index (χ0v) is 7.62. The minimum Gasteiger partial charge on any atom is -0.396 e. The maximum absolute atomic E-state index is 8.86. The molecule has 2 aliphatic rings. The minimum absolute atomic E-state index is 0.0835. The van der Waals surface area contributed by atoms with Crippen molar-refractivity contribution in [1.29, 1.82) is 0 Å². The van der Waals surface area contributed by atoms with E-state index in [1.54, 1.807) is 0 Å². The van der Waals surface area contributed by atoms with Crippen LogP contribution in [0.3, 0.4) is 0 Å². The Hall–Kier alpha value is -0.120. The molecule has 2 unspecified atom stereocenters. The molecule has 0 aromatic heterocycles. The van der Waals surface area contributed by atoms with Crippen LogP contribution in [0.15, 0.2) is 0 Å². The van der Waals surface area contributed by atoms with Gasteiger partial charge in [-0.3, -0.25) is 4.84 Å². The molecule has 0 amide bonds. The zero-order chi connectivity index (χ0) is 8.60. The molecule has 0 radical (unpaired) electrons. The van der Waals surface area contributed by atoms with Crippen LogP contribution in [0.2, 0.25) is 0 Å². The van der Waals surface area contributed by atoms with Crippen molar-refractivity contribution >= 4 is 0 Å². The molecule has 2 heterocycles. The van der Waals surface area contributed by atoms with Crippen molar-refractivity contribution in [3.05, 3.63) is 0 Å². The Morgan fingerprint density at radius 3 is 3.17 bits per heavy atom. The first-order chi connectivity index (χ1) is 5.73. The molecule has 2 rings (SSSR count). The average Bonchev–Trinajstić information content (AvgIpc) is 2.45. The Balaban J connectivity index is 1.97. The Morgan fingerprint density at radius 2 is 2.50 bits per heavy atom. The highest BCUT2D eigenvalue weighted by Crippen LogP contribution is 2.38. The maximum atomic E-state index is 8.86. The lowest BCUT2D eigenvalue weighted by atomic mass is 9.94. The number of hydrogen-bond donors (Lipinski definition) is 1. The molecule has 0 aromatic rings. The first kappa shape index (κ1) is 8.48. The number of aliphatic hydroxyl groups is 1. The predicted octanol–water partition coefficient (Wildman–Crippen LogP) is 0.927. The molecule has 2 saturated heterocycles. The Labute approximate surface area is 73.3 Å². The second-order valence-electron chi connectivity index (χ2n) is 4.16. The van der Waals surface area contributed by atoms with Crippen LogP contribution < -0.4 is 0 Å². The molecular weight excluding hydrogens is 154 g/mol. The number of rotatable bonds is 2. The highest BCUT2D eigenvalue weighted by molar-refractivity contribution is 4.90. The Morgan fingerprint density at radius 1 is 1.67 bits per heavy atom. The van der Waals surface area contributed by atoms with Crippen molar-refractivity contribution < 1.29 is 9.94 Å². The second kappa shape index (κ2) is 2.98. The van der Waals surface area contributed by atoms with Crippen LogP contribution in [0, 0.1) is 0 Å². The summed E-state index contributed by atoms with van der Waals surface area (Å²) in [6.45, 7) is 3.41. The largest absolute Gasteiger partial charge is 0.396 e. The molecule has 0 aromatic carbocycles. The number of nitrogens with zero attached hydrogens (tertiary/aromatic N) is 1. The van der Waals surface area contributed by atoms with E-state index >= 15 is 0 Å². The van der Waals surface area contributed by atoms with Crippen molar-refractivity contribution in [3.8, 4) is 0 Å². The van der Waals surface area contributed by atoms with Crippen LogP contribution in [0.5, 0.6) is 0 Å². The fourth-order valence-electron chi connectivity index (χ4n) is 2.34. The number of hydroxylamine groups is 2. The SMILES string of the molecule is CC1(CCO)CC2CCCN2O1. The van der Waals surface area contributed by atoms with E-state index in [0.29, 0.717) is 6.04 Å². The minimum atomic E-state index is -0.0835. The van der Waals surface area contributed by atoms with Crippen LogP contribution >= 0.6 is 0 Å². The van der Waals surface area contributed by atoms with Gasteiger partial charge in [0.1, 0.15) is 0 Å². The number of aliphatic hydroxyl groups excluding tert-OH is 1. The van der Waals surface area contributed by atoms with Crippen LogP contribution in [-0.2, 0) is 4.84 Å². The summed E-state index contributed by atoms with van der Waals surface area (Å²) in [7, 11) is 0. The number of hydrogen-bond acceptors (Lipinski definition) is 3. The van der Waals surface area contributed by atoms with Crippen molar-refractivity contribution in [2.45, 2.75) is 44.2 Å². The summed E-state index contributed by atoms with van der Waals surface area (Å²) in [4.78, 5) is 5.79. The fraction of sp³-hybridized carbons (Fsp3) is 1.00. The van der Waals surface area contributed by atoms with E-state index in [1.165, 1.54) is 12.8 Å². The van der Waals surface area contributed by atoms with Gasteiger partial charge in [-0.1, -0.05) is 0 Å². The summed E-state index contributed by atoms with van der Waals surface area (Å²) in [5.41, 5.74) is -0.0835. The van der Waals surface area contributed by atoms with Crippen molar-refractivity contribution in [2.75, 3.05) is 13.2 Å². The van der Waals surface area contributed by atoms with Gasteiger partial charge in [-0.05, 0) is 26.2 Å². The average molecular weight is 171 g/mol. The first-order valence-electron chi connectivity index (χ1n) is 4.80. The van der Waals surface area contributed by atoms with Gasteiger partial charge < -0.3 is 5.11 Å². The van der Waals surface area contributed by atoms with E-state index in [9.17, 15) is 0 Å². The summed E-state index contributed by atoms with van der Waals surface area (Å²) in [5, 5.41) is 11.0. The summed E-state index contributed by atoms with van der Waals surface area (Å²) in [6.07, 6.45) is 4.38. The highest BCUT2D eigenvalue weighted by Gasteiger charge is 2.43. The number of fused-ring (bicyclic) bond motifs is 1. The third-order valence-corrected chi connectivity index (χ3v) is 2.97. The van der Waals surface area contributed by atoms with E-state index in [4.69, 9.17) is 9.94 Å². The standard InChI is InChI=1S/C9H17NO2/c1-9(4-6-11)7-8-3-2-5-10(8)12-9/h8,11H,2-7H2,1H3. The van der Waals surface area contributed by atoms with Gasteiger partial charge in [0.2, 0.25) is 0 Å². The summed E-state index contributed by atoms with van der Waals surface area (Å²) >= 11 is 0. The molecule has 3 nitrogen and oxygen atoms in total. The topological polar surface area (TPSA) is 32.7 Å². The van der Waals surface area contributed by atoms with Crippen LogP contribution in [-0.4, -0.2) is 35.0 Å². The molecule has 70 valence electrons. The molecule has 0 aliphatic carbocycles. The monoisotopic (exact) mass is 171 g/mol. The van der Waals surface area contributed by atoms with E-state index in [-0.39, 0.29) is 12.2 Å². The molecule has 2 atom stereocenters. The lowest BCUT2D eigenvalue weighted by molar-refractivity contribution is -0.192. The lowest BCUT2D eigenvalue weighted by Gasteiger charge is -2.23. The summed E-state index contributed by atoms with van der Waals surface area (Å²) in [5.74, 6) is 0. The predicted molar refractivity (Wildman–Crippen MR) is 45.5 cm³/mol. The van der Waals surface area contributed by atoms with Gasteiger partial charge in [0.05, 0.1) is 5.60 Å². The van der Waals surface area contributed by atoms with Gasteiger partial charge in [-0.25, -0.2) is 0 Å². The molecule has 0 bridgehead atoms. The van der Waals surface area contributed by atoms with Gasteiger partial charge in [0.25, 0.3) is 0 Å². The first-order valence-corrected chi connectivity index (χ1v) is 4.80. The molecule has 12 heavy (non-hydrogen) atoms.